The lowest BCUT2D eigenvalue weighted by atomic mass is 9.90. The van der Waals surface area contributed by atoms with E-state index in [1.54, 1.807) is 0 Å². The average molecular weight is 457 g/mol. The van der Waals surface area contributed by atoms with Crippen molar-refractivity contribution in [2.45, 2.75) is 64.6 Å². The van der Waals surface area contributed by atoms with Gasteiger partial charge in [-0.1, -0.05) is 44.0 Å². The Labute approximate surface area is 200 Å². The highest BCUT2D eigenvalue weighted by Crippen LogP contribution is 2.36. The third-order valence-corrected chi connectivity index (χ3v) is 7.06. The van der Waals surface area contributed by atoms with Crippen LogP contribution in [0.25, 0.3) is 21.8 Å². The third kappa shape index (κ3) is 4.30. The minimum absolute atomic E-state index is 0.0770. The number of nitrogens with zero attached hydrogens (tertiary/aromatic N) is 4. The molecule has 0 bridgehead atoms. The second kappa shape index (κ2) is 9.94. The molecule has 6 nitrogen and oxygen atoms in total. The average Bonchev–Trinajstić information content (AvgIpc) is 3.17. The van der Waals surface area contributed by atoms with Crippen LogP contribution in [0.5, 0.6) is 0 Å². The van der Waals surface area contributed by atoms with Crippen molar-refractivity contribution in [3.63, 3.8) is 0 Å². The van der Waals surface area contributed by atoms with Crippen LogP contribution < -0.4 is 0 Å². The summed E-state index contributed by atoms with van der Waals surface area (Å²) in [5.74, 6) is -0.845. The standard InChI is InChI=1S/C28H32N4O2/c1-2-3-6-17-31(25-13-7-9-20-10-8-15-30-27(20)25)18-23-28-22(14-16-29-23)21-11-4-5-12-24(21)32(28)19-26(33)34/h4-5,8,10-12,14-16,25H,2-3,6-7,9,13,17-19H2,1H3,(H,33,34)/t25-/m0/s1. The Morgan fingerprint density at radius 3 is 2.82 bits per heavy atom. The lowest BCUT2D eigenvalue weighted by Crippen LogP contribution is -2.33. The summed E-state index contributed by atoms with van der Waals surface area (Å²) in [6, 6.07) is 14.6. The van der Waals surface area contributed by atoms with Crippen LogP contribution >= 0.6 is 0 Å². The molecule has 1 aliphatic carbocycles. The Bertz CT molecular complexity index is 1310. The molecule has 0 saturated heterocycles. The molecule has 0 radical (unpaired) electrons. The number of hydrogen-bond donors (Lipinski definition) is 1. The molecular weight excluding hydrogens is 424 g/mol. The van der Waals surface area contributed by atoms with Crippen LogP contribution in [-0.4, -0.2) is 37.1 Å². The maximum Gasteiger partial charge on any atom is 0.323 e. The van der Waals surface area contributed by atoms with Crippen molar-refractivity contribution in [2.24, 2.45) is 0 Å². The van der Waals surface area contributed by atoms with Gasteiger partial charge in [-0.2, -0.15) is 0 Å². The van der Waals surface area contributed by atoms with Crippen LogP contribution in [0.15, 0.2) is 54.9 Å². The highest BCUT2D eigenvalue weighted by atomic mass is 16.4. The summed E-state index contributed by atoms with van der Waals surface area (Å²) in [4.78, 5) is 23.9. The van der Waals surface area contributed by atoms with Crippen molar-refractivity contribution in [3.8, 4) is 0 Å². The molecule has 5 rings (SSSR count). The number of benzene rings is 1. The topological polar surface area (TPSA) is 71.2 Å². The van der Waals surface area contributed by atoms with Gasteiger partial charge in [-0.3, -0.25) is 19.7 Å². The first-order valence-electron chi connectivity index (χ1n) is 12.4. The Morgan fingerprint density at radius 1 is 1.09 bits per heavy atom. The molecule has 1 atom stereocenters. The number of fused-ring (bicyclic) bond motifs is 4. The first-order chi connectivity index (χ1) is 16.7. The number of carboxylic acids is 1. The van der Waals surface area contributed by atoms with E-state index in [2.05, 4.69) is 24.0 Å². The van der Waals surface area contributed by atoms with E-state index >= 15 is 0 Å². The largest absolute Gasteiger partial charge is 0.480 e. The minimum atomic E-state index is -0.845. The van der Waals surface area contributed by atoms with Gasteiger partial charge in [0, 0.05) is 35.2 Å². The predicted molar refractivity (Wildman–Crippen MR) is 135 cm³/mol. The van der Waals surface area contributed by atoms with Crippen molar-refractivity contribution in [2.75, 3.05) is 6.54 Å². The van der Waals surface area contributed by atoms with Crippen LogP contribution in [0.3, 0.4) is 0 Å². The molecule has 3 aromatic heterocycles. The van der Waals surface area contributed by atoms with Gasteiger partial charge in [-0.05, 0) is 56.0 Å². The summed E-state index contributed by atoms with van der Waals surface area (Å²) < 4.78 is 1.92. The maximum atomic E-state index is 11.8. The van der Waals surface area contributed by atoms with Gasteiger partial charge in [0.25, 0.3) is 0 Å². The Kier molecular flexibility index (Phi) is 6.59. The molecule has 0 saturated carbocycles. The summed E-state index contributed by atoms with van der Waals surface area (Å²) >= 11 is 0. The fourth-order valence-corrected chi connectivity index (χ4v) is 5.53. The van der Waals surface area contributed by atoms with Crippen LogP contribution in [-0.2, 0) is 24.3 Å². The Morgan fingerprint density at radius 2 is 1.97 bits per heavy atom. The zero-order valence-corrected chi connectivity index (χ0v) is 19.8. The number of aliphatic carboxylic acids is 1. The summed E-state index contributed by atoms with van der Waals surface area (Å²) in [6.07, 6.45) is 10.6. The normalized spacial score (nSPS) is 15.8. The lowest BCUT2D eigenvalue weighted by Gasteiger charge is -2.35. The highest BCUT2D eigenvalue weighted by Gasteiger charge is 2.28. The third-order valence-electron chi connectivity index (χ3n) is 7.06. The van der Waals surface area contributed by atoms with E-state index in [4.69, 9.17) is 9.97 Å². The van der Waals surface area contributed by atoms with Gasteiger partial charge in [-0.25, -0.2) is 0 Å². The monoisotopic (exact) mass is 456 g/mol. The van der Waals surface area contributed by atoms with E-state index in [0.29, 0.717) is 6.54 Å². The molecule has 0 fully saturated rings. The number of carbonyl (C=O) groups is 1. The Balaban J connectivity index is 1.60. The zero-order valence-electron chi connectivity index (χ0n) is 19.8. The van der Waals surface area contributed by atoms with Gasteiger partial charge >= 0.3 is 5.97 Å². The summed E-state index contributed by atoms with van der Waals surface area (Å²) in [5, 5.41) is 11.8. The number of aryl methyl sites for hydroxylation is 1. The second-order valence-corrected chi connectivity index (χ2v) is 9.28. The quantitative estimate of drug-likeness (QED) is 0.325. The number of hydrogen-bond acceptors (Lipinski definition) is 4. The van der Waals surface area contributed by atoms with Gasteiger partial charge in [0.15, 0.2) is 0 Å². The molecule has 0 unspecified atom stereocenters. The van der Waals surface area contributed by atoms with Crippen molar-refractivity contribution in [1.29, 1.82) is 0 Å². The molecular formula is C28H32N4O2. The smallest absolute Gasteiger partial charge is 0.323 e. The number of aromatic nitrogens is 3. The van der Waals surface area contributed by atoms with E-state index < -0.39 is 5.97 Å². The van der Waals surface area contributed by atoms with Gasteiger partial charge in [0.05, 0.1) is 22.9 Å². The molecule has 1 aromatic carbocycles. The lowest BCUT2D eigenvalue weighted by molar-refractivity contribution is -0.137. The van der Waals surface area contributed by atoms with Gasteiger partial charge in [0.1, 0.15) is 6.54 Å². The molecule has 1 N–H and O–H groups in total. The van der Waals surface area contributed by atoms with E-state index in [9.17, 15) is 9.90 Å². The molecule has 1 aliphatic rings. The fraction of sp³-hybridized carbons (Fsp3) is 0.393. The number of rotatable bonds is 9. The fourth-order valence-electron chi connectivity index (χ4n) is 5.53. The minimum Gasteiger partial charge on any atom is -0.480 e. The molecule has 0 amide bonds. The Hall–Kier alpha value is -3.25. The van der Waals surface area contributed by atoms with Crippen molar-refractivity contribution < 1.29 is 9.90 Å². The molecule has 3 heterocycles. The van der Waals surface area contributed by atoms with E-state index in [-0.39, 0.29) is 12.6 Å². The first-order valence-corrected chi connectivity index (χ1v) is 12.4. The molecule has 4 aromatic rings. The van der Waals surface area contributed by atoms with E-state index in [0.717, 1.165) is 59.7 Å². The molecule has 34 heavy (non-hydrogen) atoms. The van der Waals surface area contributed by atoms with E-state index in [1.165, 1.54) is 24.1 Å². The second-order valence-electron chi connectivity index (χ2n) is 9.28. The first kappa shape index (κ1) is 22.5. The van der Waals surface area contributed by atoms with E-state index in [1.807, 2.05) is 47.3 Å². The summed E-state index contributed by atoms with van der Waals surface area (Å²) in [6.45, 7) is 3.81. The van der Waals surface area contributed by atoms with Crippen molar-refractivity contribution in [1.82, 2.24) is 19.4 Å². The predicted octanol–water partition coefficient (Wildman–Crippen LogP) is 5.74. The van der Waals surface area contributed by atoms with Gasteiger partial charge < -0.3 is 9.67 Å². The zero-order chi connectivity index (χ0) is 23.5. The number of carboxylic acid groups (broad SMARTS) is 1. The number of pyridine rings is 2. The maximum absolute atomic E-state index is 11.8. The highest BCUT2D eigenvalue weighted by molar-refractivity contribution is 6.09. The van der Waals surface area contributed by atoms with Crippen LogP contribution in [0, 0.1) is 0 Å². The van der Waals surface area contributed by atoms with Crippen molar-refractivity contribution >= 4 is 27.8 Å². The van der Waals surface area contributed by atoms with Crippen LogP contribution in [0.4, 0.5) is 0 Å². The van der Waals surface area contributed by atoms with Gasteiger partial charge in [-0.15, -0.1) is 0 Å². The summed E-state index contributed by atoms with van der Waals surface area (Å²) in [5.41, 5.74) is 5.36. The van der Waals surface area contributed by atoms with Crippen LogP contribution in [0.2, 0.25) is 0 Å². The molecule has 0 aliphatic heterocycles. The molecule has 6 heteroatoms. The molecule has 176 valence electrons. The summed E-state index contributed by atoms with van der Waals surface area (Å²) in [7, 11) is 0. The molecule has 0 spiro atoms. The van der Waals surface area contributed by atoms with Crippen molar-refractivity contribution in [3.05, 3.63) is 71.8 Å². The number of para-hydroxylation sites is 1. The van der Waals surface area contributed by atoms with Gasteiger partial charge in [0.2, 0.25) is 0 Å². The SMILES string of the molecule is CCCCCN(Cc1nccc2c3ccccc3n(CC(=O)O)c12)[C@H]1CCCc2cccnc21. The van der Waals surface area contributed by atoms with Crippen LogP contribution in [0.1, 0.15) is 62.0 Å². The number of unbranched alkanes of at least 4 members (excludes halogenated alkanes) is 2.